The lowest BCUT2D eigenvalue weighted by Crippen LogP contribution is -2.34. The van der Waals surface area contributed by atoms with E-state index in [1.807, 2.05) is 0 Å². The van der Waals surface area contributed by atoms with Crippen LogP contribution in [-0.2, 0) is 4.79 Å². The van der Waals surface area contributed by atoms with E-state index in [1.165, 1.54) is 24.3 Å². The Kier molecular flexibility index (Phi) is 6.43. The fourth-order valence-electron chi connectivity index (χ4n) is 3.29. The number of likely N-dealkylation sites (tertiary alicyclic amines) is 1. The van der Waals surface area contributed by atoms with Crippen LogP contribution in [0.2, 0.25) is 5.02 Å². The highest BCUT2D eigenvalue weighted by Gasteiger charge is 2.33. The highest BCUT2D eigenvalue weighted by Crippen LogP contribution is 2.34. The number of amides is 2. The van der Waals surface area contributed by atoms with Crippen LogP contribution in [0.25, 0.3) is 0 Å². The van der Waals surface area contributed by atoms with Crippen molar-refractivity contribution in [1.29, 1.82) is 0 Å². The van der Waals surface area contributed by atoms with E-state index >= 15 is 0 Å². The van der Waals surface area contributed by atoms with Crippen molar-refractivity contribution < 1.29 is 18.7 Å². The summed E-state index contributed by atoms with van der Waals surface area (Å²) in [6.07, 6.45) is 1.55. The average molecular weight is 461 g/mol. The molecular weight excluding hydrogens is 443 g/mol. The quantitative estimate of drug-likeness (QED) is 0.592. The zero-order chi connectivity index (χ0) is 21.8. The molecule has 1 aliphatic heterocycles. The smallest absolute Gasteiger partial charge is 0.286 e. The van der Waals surface area contributed by atoms with Gasteiger partial charge in [0.2, 0.25) is 5.01 Å². The van der Waals surface area contributed by atoms with Gasteiger partial charge in [-0.05, 0) is 55.3 Å². The number of ether oxygens (including phenoxy) is 1. The van der Waals surface area contributed by atoms with Crippen LogP contribution in [0, 0.1) is 5.82 Å². The SMILES string of the molecule is O=C(Nc1cccc(Cl)c1)c1nnc(C2CCCN2C(=O)COc2ccc(F)cc2)s1. The number of hydrogen-bond acceptors (Lipinski definition) is 6. The number of anilines is 1. The zero-order valence-corrected chi connectivity index (χ0v) is 17.8. The number of benzene rings is 2. The number of carbonyl (C=O) groups excluding carboxylic acids is 2. The summed E-state index contributed by atoms with van der Waals surface area (Å²) in [5.74, 6) is -0.542. The molecule has 7 nitrogen and oxygen atoms in total. The lowest BCUT2D eigenvalue weighted by molar-refractivity contribution is -0.134. The Labute approximate surface area is 186 Å². The van der Waals surface area contributed by atoms with Crippen LogP contribution in [0.4, 0.5) is 10.1 Å². The van der Waals surface area contributed by atoms with Gasteiger partial charge in [0.1, 0.15) is 16.6 Å². The lowest BCUT2D eigenvalue weighted by atomic mass is 10.2. The van der Waals surface area contributed by atoms with E-state index in [0.717, 1.165) is 24.2 Å². The maximum Gasteiger partial charge on any atom is 0.286 e. The minimum atomic E-state index is -0.387. The normalized spacial score (nSPS) is 15.7. The van der Waals surface area contributed by atoms with Crippen LogP contribution in [0.3, 0.4) is 0 Å². The predicted molar refractivity (Wildman–Crippen MR) is 115 cm³/mol. The van der Waals surface area contributed by atoms with Crippen LogP contribution < -0.4 is 10.1 Å². The van der Waals surface area contributed by atoms with E-state index in [1.54, 1.807) is 29.2 Å². The minimum absolute atomic E-state index is 0.164. The first-order valence-corrected chi connectivity index (χ1v) is 10.8. The Balaban J connectivity index is 1.39. The fourth-order valence-corrected chi connectivity index (χ4v) is 4.37. The van der Waals surface area contributed by atoms with Gasteiger partial charge in [-0.1, -0.05) is 29.0 Å². The summed E-state index contributed by atoms with van der Waals surface area (Å²) < 4.78 is 18.5. The molecule has 0 bridgehead atoms. The molecule has 2 aromatic carbocycles. The monoisotopic (exact) mass is 460 g/mol. The van der Waals surface area contributed by atoms with Crippen molar-refractivity contribution >= 4 is 40.4 Å². The summed E-state index contributed by atoms with van der Waals surface area (Å²) >= 11 is 7.10. The summed E-state index contributed by atoms with van der Waals surface area (Å²) in [6.45, 7) is 0.406. The second-order valence-electron chi connectivity index (χ2n) is 6.90. The molecule has 0 aliphatic carbocycles. The Morgan fingerprint density at radius 2 is 2.03 bits per heavy atom. The highest BCUT2D eigenvalue weighted by atomic mass is 35.5. The Hall–Kier alpha value is -3.04. The Morgan fingerprint density at radius 3 is 2.81 bits per heavy atom. The molecule has 1 atom stereocenters. The number of carbonyl (C=O) groups is 2. The third-order valence-electron chi connectivity index (χ3n) is 4.75. The van der Waals surface area contributed by atoms with Gasteiger partial charge in [-0.2, -0.15) is 0 Å². The van der Waals surface area contributed by atoms with Gasteiger partial charge < -0.3 is 15.0 Å². The minimum Gasteiger partial charge on any atom is -0.484 e. The molecule has 2 heterocycles. The molecule has 1 aromatic heterocycles. The van der Waals surface area contributed by atoms with E-state index in [0.29, 0.717) is 28.0 Å². The summed E-state index contributed by atoms with van der Waals surface area (Å²) in [5.41, 5.74) is 0.560. The molecule has 2 amide bonds. The zero-order valence-electron chi connectivity index (χ0n) is 16.3. The van der Waals surface area contributed by atoms with Crippen LogP contribution in [0.1, 0.15) is 33.7 Å². The first-order valence-electron chi connectivity index (χ1n) is 9.58. The van der Waals surface area contributed by atoms with Crippen molar-refractivity contribution in [2.75, 3.05) is 18.5 Å². The van der Waals surface area contributed by atoms with Gasteiger partial charge in [0.15, 0.2) is 6.61 Å². The maximum atomic E-state index is 13.0. The molecule has 0 radical (unpaired) electrons. The number of aromatic nitrogens is 2. The average Bonchev–Trinajstić information content (AvgIpc) is 3.43. The molecule has 1 N–H and O–H groups in total. The van der Waals surface area contributed by atoms with Gasteiger partial charge >= 0.3 is 0 Å². The summed E-state index contributed by atoms with van der Waals surface area (Å²) in [6, 6.07) is 12.1. The first kappa shape index (κ1) is 21.2. The lowest BCUT2D eigenvalue weighted by Gasteiger charge is -2.22. The molecule has 0 spiro atoms. The van der Waals surface area contributed by atoms with Crippen molar-refractivity contribution in [3.8, 4) is 5.75 Å². The number of hydrogen-bond donors (Lipinski definition) is 1. The molecular formula is C21H18ClFN4O3S. The molecule has 1 aliphatic rings. The predicted octanol–water partition coefficient (Wildman–Crippen LogP) is 4.33. The van der Waals surface area contributed by atoms with Crippen molar-refractivity contribution in [3.63, 3.8) is 0 Å². The molecule has 1 unspecified atom stereocenters. The van der Waals surface area contributed by atoms with Crippen molar-refractivity contribution in [3.05, 3.63) is 69.4 Å². The van der Waals surface area contributed by atoms with E-state index < -0.39 is 0 Å². The third kappa shape index (κ3) is 5.18. The van der Waals surface area contributed by atoms with Gasteiger partial charge in [-0.15, -0.1) is 10.2 Å². The number of nitrogens with one attached hydrogen (secondary N) is 1. The topological polar surface area (TPSA) is 84.4 Å². The van der Waals surface area contributed by atoms with E-state index in [9.17, 15) is 14.0 Å². The fraction of sp³-hybridized carbons (Fsp3) is 0.238. The molecule has 31 heavy (non-hydrogen) atoms. The molecule has 1 saturated heterocycles. The first-order chi connectivity index (χ1) is 15.0. The van der Waals surface area contributed by atoms with Crippen molar-refractivity contribution in [2.45, 2.75) is 18.9 Å². The van der Waals surface area contributed by atoms with Gasteiger partial charge in [-0.3, -0.25) is 9.59 Å². The highest BCUT2D eigenvalue weighted by molar-refractivity contribution is 7.13. The Bertz CT molecular complexity index is 1090. The van der Waals surface area contributed by atoms with Crippen molar-refractivity contribution in [2.24, 2.45) is 0 Å². The molecule has 160 valence electrons. The van der Waals surface area contributed by atoms with Gasteiger partial charge in [0.25, 0.3) is 11.8 Å². The number of rotatable bonds is 6. The van der Waals surface area contributed by atoms with Gasteiger partial charge in [0.05, 0.1) is 6.04 Å². The van der Waals surface area contributed by atoms with Crippen LogP contribution in [-0.4, -0.2) is 40.1 Å². The van der Waals surface area contributed by atoms with Gasteiger partial charge in [-0.25, -0.2) is 4.39 Å². The summed E-state index contributed by atoms with van der Waals surface area (Å²) in [7, 11) is 0. The molecule has 4 rings (SSSR count). The molecule has 3 aromatic rings. The Morgan fingerprint density at radius 1 is 1.23 bits per heavy atom. The summed E-state index contributed by atoms with van der Waals surface area (Å²) in [5, 5.41) is 12.2. The third-order valence-corrected chi connectivity index (χ3v) is 6.01. The van der Waals surface area contributed by atoms with Crippen molar-refractivity contribution in [1.82, 2.24) is 15.1 Å². The van der Waals surface area contributed by atoms with Crippen LogP contribution in [0.5, 0.6) is 5.75 Å². The maximum absolute atomic E-state index is 13.0. The molecule has 10 heteroatoms. The number of nitrogens with zero attached hydrogens (tertiary/aromatic N) is 3. The van der Waals surface area contributed by atoms with E-state index in [2.05, 4.69) is 15.5 Å². The van der Waals surface area contributed by atoms with Gasteiger partial charge in [0, 0.05) is 17.3 Å². The van der Waals surface area contributed by atoms with Crippen LogP contribution in [0.15, 0.2) is 48.5 Å². The standard InChI is InChI=1S/C21H18ClFN4O3S/c22-13-3-1-4-15(11-13)24-19(29)21-26-25-20(31-21)17-5-2-10-27(17)18(28)12-30-16-8-6-14(23)7-9-16/h1,3-4,6-9,11,17H,2,5,10,12H2,(H,24,29). The largest absolute Gasteiger partial charge is 0.484 e. The number of halogens is 2. The second kappa shape index (κ2) is 9.40. The second-order valence-corrected chi connectivity index (χ2v) is 8.34. The van der Waals surface area contributed by atoms with Crippen LogP contribution >= 0.6 is 22.9 Å². The molecule has 0 saturated carbocycles. The summed E-state index contributed by atoms with van der Waals surface area (Å²) in [4.78, 5) is 26.8. The van der Waals surface area contributed by atoms with E-state index in [-0.39, 0.29) is 35.3 Å². The van der Waals surface area contributed by atoms with E-state index in [4.69, 9.17) is 16.3 Å². The molecule has 1 fully saturated rings.